The van der Waals surface area contributed by atoms with E-state index in [1.165, 1.54) is 40.1 Å². The van der Waals surface area contributed by atoms with Gasteiger partial charge in [-0.3, -0.25) is 14.5 Å². The topological polar surface area (TPSA) is 113 Å². The second kappa shape index (κ2) is 13.2. The predicted molar refractivity (Wildman–Crippen MR) is 176 cm³/mol. The summed E-state index contributed by atoms with van der Waals surface area (Å²) in [5.74, 6) is -0.802. The molecule has 6 rings (SSSR count). The van der Waals surface area contributed by atoms with Gasteiger partial charge in [0.25, 0.3) is 5.78 Å². The van der Waals surface area contributed by atoms with Crippen LogP contribution in [0.2, 0.25) is 5.02 Å². The first-order valence-corrected chi connectivity index (χ1v) is 16.0. The number of aliphatic hydroxyl groups excluding tert-OH is 1. The van der Waals surface area contributed by atoms with Gasteiger partial charge in [-0.2, -0.15) is 0 Å². The van der Waals surface area contributed by atoms with Gasteiger partial charge in [0.1, 0.15) is 23.9 Å². The molecule has 1 unspecified atom stereocenters. The second-order valence-electron chi connectivity index (χ2n) is 10.3. The molecule has 1 aliphatic heterocycles. The minimum absolute atomic E-state index is 0.0220. The lowest BCUT2D eigenvalue weighted by Crippen LogP contribution is -2.29. The van der Waals surface area contributed by atoms with Gasteiger partial charge in [0, 0.05) is 16.3 Å². The normalized spacial score (nSPS) is 15.9. The third-order valence-electron chi connectivity index (χ3n) is 7.31. The van der Waals surface area contributed by atoms with Gasteiger partial charge in [-0.15, -0.1) is 10.2 Å². The Hall–Kier alpha value is -4.64. The molecule has 5 aromatic rings. The predicted octanol–water partition coefficient (Wildman–Crippen LogP) is 7.70. The minimum atomic E-state index is -0.996. The average Bonchev–Trinajstić information content (AvgIpc) is 3.62. The summed E-state index contributed by atoms with van der Waals surface area (Å²) in [6.07, 6.45) is 0. The average molecular weight is 656 g/mol. The molecule has 1 saturated heterocycles. The zero-order valence-electron chi connectivity index (χ0n) is 23.9. The number of carbonyl (C=O) groups is 2. The van der Waals surface area contributed by atoms with Crippen molar-refractivity contribution in [3.63, 3.8) is 0 Å². The first-order chi connectivity index (χ1) is 21.8. The first-order valence-electron chi connectivity index (χ1n) is 13.9. The maximum absolute atomic E-state index is 13.5. The van der Waals surface area contributed by atoms with Crippen molar-refractivity contribution < 1.29 is 24.5 Å². The Kier molecular flexibility index (Phi) is 8.88. The Bertz CT molecular complexity index is 1890. The number of hydrogen-bond acceptors (Lipinski definition) is 9. The number of Topliss-reactive ketones (excluding diaryl/α,β-unsaturated/α-hetero) is 1. The maximum atomic E-state index is 13.5. The lowest BCUT2D eigenvalue weighted by Gasteiger charge is -2.22. The van der Waals surface area contributed by atoms with Gasteiger partial charge in [0.15, 0.2) is 4.34 Å². The molecule has 2 heterocycles. The molecule has 1 aliphatic rings. The van der Waals surface area contributed by atoms with E-state index in [-0.39, 0.29) is 22.2 Å². The van der Waals surface area contributed by atoms with Crippen molar-refractivity contribution in [1.29, 1.82) is 0 Å². The molecule has 4 aromatic carbocycles. The highest BCUT2D eigenvalue weighted by atomic mass is 35.5. The van der Waals surface area contributed by atoms with Gasteiger partial charge in [-0.1, -0.05) is 83.2 Å². The van der Waals surface area contributed by atoms with Crippen molar-refractivity contribution in [1.82, 2.24) is 10.2 Å². The fraction of sp³-hybridized carbons (Fsp3) is 0.118. The summed E-state index contributed by atoms with van der Waals surface area (Å²) in [4.78, 5) is 28.3. The van der Waals surface area contributed by atoms with E-state index in [0.29, 0.717) is 38.6 Å². The fourth-order valence-corrected chi connectivity index (χ4v) is 6.83. The third-order valence-corrected chi connectivity index (χ3v) is 9.69. The van der Waals surface area contributed by atoms with E-state index in [9.17, 15) is 19.8 Å². The third kappa shape index (κ3) is 6.58. The molecule has 1 amide bonds. The number of aryl methyl sites for hydroxylation is 1. The van der Waals surface area contributed by atoms with E-state index in [4.69, 9.17) is 16.3 Å². The largest absolute Gasteiger partial charge is 0.508 e. The number of phenols is 1. The first kappa shape index (κ1) is 30.4. The van der Waals surface area contributed by atoms with Gasteiger partial charge in [-0.05, 0) is 77.7 Å². The quantitative estimate of drug-likeness (QED) is 0.0546. The van der Waals surface area contributed by atoms with E-state index < -0.39 is 17.7 Å². The van der Waals surface area contributed by atoms with Crippen LogP contribution in [-0.2, 0) is 21.9 Å². The molecule has 1 fully saturated rings. The van der Waals surface area contributed by atoms with Crippen LogP contribution in [0.1, 0.15) is 33.9 Å². The molecular formula is C34H26ClN3O5S2. The van der Waals surface area contributed by atoms with Crippen LogP contribution in [0, 0.1) is 6.92 Å². The van der Waals surface area contributed by atoms with Crippen LogP contribution in [0.15, 0.2) is 107 Å². The zero-order valence-corrected chi connectivity index (χ0v) is 26.3. The molecule has 2 N–H and O–H groups in total. The molecule has 45 heavy (non-hydrogen) atoms. The number of amides is 1. The number of halogens is 1. The Labute approximate surface area is 272 Å². The molecule has 0 saturated carbocycles. The lowest BCUT2D eigenvalue weighted by molar-refractivity contribution is -0.132. The molecule has 1 aromatic heterocycles. The number of aromatic hydroxyl groups is 1. The van der Waals surface area contributed by atoms with Crippen LogP contribution < -0.4 is 9.64 Å². The standard InChI is InChI=1S/C34H26ClN3O5S2/c1-20-4-2-3-5-24(20)18-43-27-16-10-23(11-17-27)30(40)28-29(22-8-14-26(39)15-9-22)38(32(42)31(28)41)33-36-37-34(45-33)44-19-21-6-12-25(35)13-7-21/h2-17,29,39-40H,18-19H2,1H3. The number of rotatable bonds is 9. The number of thioether (sulfide) groups is 1. The maximum Gasteiger partial charge on any atom is 0.301 e. The number of ketones is 1. The Balaban J connectivity index is 1.29. The van der Waals surface area contributed by atoms with Crippen molar-refractivity contribution in [3.05, 3.63) is 135 Å². The summed E-state index contributed by atoms with van der Waals surface area (Å²) >= 11 is 8.60. The lowest BCUT2D eigenvalue weighted by atomic mass is 9.95. The zero-order chi connectivity index (χ0) is 31.5. The molecule has 0 radical (unpaired) electrons. The number of ether oxygens (including phenoxy) is 1. The van der Waals surface area contributed by atoms with Crippen LogP contribution in [0.5, 0.6) is 11.5 Å². The summed E-state index contributed by atoms with van der Waals surface area (Å²) in [5, 5.41) is 30.7. The summed E-state index contributed by atoms with van der Waals surface area (Å²) in [5.41, 5.74) is 3.98. The molecule has 11 heteroatoms. The van der Waals surface area contributed by atoms with Crippen LogP contribution in [0.3, 0.4) is 0 Å². The van der Waals surface area contributed by atoms with Crippen LogP contribution in [-0.4, -0.2) is 32.1 Å². The summed E-state index contributed by atoms with van der Waals surface area (Å²) in [7, 11) is 0. The van der Waals surface area contributed by atoms with Crippen LogP contribution in [0.4, 0.5) is 5.13 Å². The van der Waals surface area contributed by atoms with Gasteiger partial charge in [-0.25, -0.2) is 0 Å². The molecule has 0 aliphatic carbocycles. The Morgan fingerprint density at radius 1 is 0.956 bits per heavy atom. The Morgan fingerprint density at radius 3 is 2.38 bits per heavy atom. The molecule has 0 spiro atoms. The number of benzene rings is 4. The number of nitrogens with zero attached hydrogens (tertiary/aromatic N) is 3. The van der Waals surface area contributed by atoms with Crippen molar-refractivity contribution in [2.45, 2.75) is 29.7 Å². The SMILES string of the molecule is Cc1ccccc1COc1ccc(C(O)=C2C(=O)C(=O)N(c3nnc(SCc4ccc(Cl)cc4)s3)C2c2ccc(O)cc2)cc1. The van der Waals surface area contributed by atoms with Crippen molar-refractivity contribution >= 4 is 57.3 Å². The summed E-state index contributed by atoms with van der Waals surface area (Å²) < 4.78 is 6.54. The van der Waals surface area contributed by atoms with E-state index in [1.807, 2.05) is 55.5 Å². The molecular weight excluding hydrogens is 630 g/mol. The van der Waals surface area contributed by atoms with Gasteiger partial charge < -0.3 is 14.9 Å². The highest BCUT2D eigenvalue weighted by Crippen LogP contribution is 2.44. The van der Waals surface area contributed by atoms with E-state index in [2.05, 4.69) is 10.2 Å². The van der Waals surface area contributed by atoms with Crippen LogP contribution >= 0.6 is 34.7 Å². The smallest absolute Gasteiger partial charge is 0.301 e. The number of aliphatic hydroxyl groups is 1. The molecule has 1 atom stereocenters. The van der Waals surface area contributed by atoms with Gasteiger partial charge in [0.05, 0.1) is 11.6 Å². The van der Waals surface area contributed by atoms with Gasteiger partial charge in [0.2, 0.25) is 5.13 Å². The van der Waals surface area contributed by atoms with E-state index in [1.54, 1.807) is 36.4 Å². The number of phenolic OH excluding ortho intramolecular Hbond substituents is 1. The molecule has 226 valence electrons. The van der Waals surface area contributed by atoms with E-state index >= 15 is 0 Å². The number of hydrogen-bond donors (Lipinski definition) is 2. The monoisotopic (exact) mass is 655 g/mol. The van der Waals surface area contributed by atoms with Crippen LogP contribution in [0.25, 0.3) is 5.76 Å². The van der Waals surface area contributed by atoms with Gasteiger partial charge >= 0.3 is 5.91 Å². The minimum Gasteiger partial charge on any atom is -0.508 e. The number of carbonyl (C=O) groups excluding carboxylic acids is 2. The van der Waals surface area contributed by atoms with Crippen molar-refractivity contribution in [2.75, 3.05) is 4.90 Å². The van der Waals surface area contributed by atoms with E-state index in [0.717, 1.165) is 16.7 Å². The number of anilines is 1. The summed E-state index contributed by atoms with van der Waals surface area (Å²) in [6, 6.07) is 27.2. The Morgan fingerprint density at radius 2 is 1.67 bits per heavy atom. The summed E-state index contributed by atoms with van der Waals surface area (Å²) in [6.45, 7) is 2.40. The number of aromatic nitrogens is 2. The molecule has 0 bridgehead atoms. The fourth-order valence-electron chi connectivity index (χ4n) is 4.88. The highest BCUT2D eigenvalue weighted by molar-refractivity contribution is 8.00. The van der Waals surface area contributed by atoms with Crippen molar-refractivity contribution in [3.8, 4) is 11.5 Å². The molecule has 8 nitrogen and oxygen atoms in total. The van der Waals surface area contributed by atoms with Crippen molar-refractivity contribution in [2.24, 2.45) is 0 Å². The second-order valence-corrected chi connectivity index (χ2v) is 12.9. The highest BCUT2D eigenvalue weighted by Gasteiger charge is 2.48.